The predicted octanol–water partition coefficient (Wildman–Crippen LogP) is 34.1. The van der Waals surface area contributed by atoms with Crippen molar-refractivity contribution in [3.63, 3.8) is 0 Å². The van der Waals surface area contributed by atoms with E-state index in [4.69, 9.17) is 4.42 Å². The second-order valence-electron chi connectivity index (χ2n) is 30.9. The Bertz CT molecular complexity index is 8530. The molecule has 0 aliphatic carbocycles. The van der Waals surface area contributed by atoms with Gasteiger partial charge in [0.25, 0.3) is 0 Å². The minimum absolute atomic E-state index is 0.947. The maximum atomic E-state index is 6.53. The SMILES string of the molecule is Cc1csc2c1cc(-c1ccc3c(c1)c1ccccc1n3-c1ccccc1)c1ccc3c4ccccc4sc3c12.Cc1csc2cc(-c3cccc4c3sc3ccccc34)c3ccc4c5ccccc5oc4c3c12.c1ccc(N(c2ccccc2)c2ccc(-c3cc4sccc4c4c3ccc3c5ccccc5n(-c5ccccc5)c34)cc2)cc1. The lowest BCUT2D eigenvalue weighted by molar-refractivity contribution is 0.673. The fraction of sp³-hybridized carbons (Fsp3) is 0.0182. The van der Waals surface area contributed by atoms with Crippen molar-refractivity contribution in [2.75, 3.05) is 4.90 Å². The minimum atomic E-state index is 0.947. The molecule has 560 valence electrons. The normalized spacial score (nSPS) is 11.9. The Morgan fingerprint density at radius 2 is 0.773 bits per heavy atom. The molecule has 0 aliphatic heterocycles. The number of anilines is 3. The third-order valence-corrected chi connectivity index (χ3v) is 29.7. The quantitative estimate of drug-likeness (QED) is 0.152. The molecule has 0 unspecified atom stereocenters. The Balaban J connectivity index is 0.000000103. The molecule has 0 amide bonds. The molecule has 8 aromatic heterocycles. The van der Waals surface area contributed by atoms with E-state index in [1.54, 1.807) is 0 Å². The Morgan fingerprint density at radius 1 is 0.261 bits per heavy atom. The van der Waals surface area contributed by atoms with Crippen molar-refractivity contribution in [3.8, 4) is 44.8 Å². The van der Waals surface area contributed by atoms with Gasteiger partial charge in [0.05, 0.1) is 22.1 Å². The molecule has 18 aromatic carbocycles. The molecule has 0 radical (unpaired) electrons. The molecule has 26 aromatic rings. The summed E-state index contributed by atoms with van der Waals surface area (Å²) in [4.78, 5) is 2.31. The minimum Gasteiger partial charge on any atom is -0.455 e. The summed E-state index contributed by atoms with van der Waals surface area (Å²) in [6.07, 6.45) is 0. The van der Waals surface area contributed by atoms with Crippen LogP contribution in [0.2, 0.25) is 0 Å². The van der Waals surface area contributed by atoms with Crippen LogP contribution in [0.15, 0.2) is 385 Å². The summed E-state index contributed by atoms with van der Waals surface area (Å²) < 4.78 is 20.8. The van der Waals surface area contributed by atoms with Crippen LogP contribution in [0.1, 0.15) is 11.1 Å². The van der Waals surface area contributed by atoms with E-state index in [-0.39, 0.29) is 0 Å². The number of para-hydroxylation sites is 7. The number of hydrogen-bond acceptors (Lipinski definition) is 7. The second-order valence-corrected chi connectivity index (χ2v) is 35.8. The summed E-state index contributed by atoms with van der Waals surface area (Å²) in [5, 5.41) is 31.5. The fourth-order valence-electron chi connectivity index (χ4n) is 18.9. The van der Waals surface area contributed by atoms with E-state index in [9.17, 15) is 0 Å². The summed E-state index contributed by atoms with van der Waals surface area (Å²) in [6, 6.07) is 132. The van der Waals surface area contributed by atoms with Gasteiger partial charge in [0.1, 0.15) is 11.2 Å². The number of rotatable bonds is 8. The van der Waals surface area contributed by atoms with Gasteiger partial charge in [-0.25, -0.2) is 0 Å². The van der Waals surface area contributed by atoms with Crippen molar-refractivity contribution in [2.45, 2.75) is 13.8 Å². The summed E-state index contributed by atoms with van der Waals surface area (Å²) in [5.41, 5.74) is 23.0. The molecule has 9 heteroatoms. The highest BCUT2D eigenvalue weighted by molar-refractivity contribution is 7.28. The van der Waals surface area contributed by atoms with Crippen LogP contribution in [-0.4, -0.2) is 9.13 Å². The van der Waals surface area contributed by atoms with E-state index < -0.39 is 0 Å². The zero-order valence-corrected chi connectivity index (χ0v) is 68.7. The third kappa shape index (κ3) is 11.1. The Kier molecular flexibility index (Phi) is 16.4. The van der Waals surface area contributed by atoms with E-state index in [1.807, 2.05) is 62.8 Å². The van der Waals surface area contributed by atoms with Gasteiger partial charge < -0.3 is 18.5 Å². The number of thiophene rings is 5. The number of aromatic nitrogens is 2. The molecule has 0 bridgehead atoms. The molecule has 0 atom stereocenters. The van der Waals surface area contributed by atoms with Gasteiger partial charge >= 0.3 is 0 Å². The van der Waals surface area contributed by atoms with Gasteiger partial charge in [-0.2, -0.15) is 0 Å². The van der Waals surface area contributed by atoms with Gasteiger partial charge in [0.15, 0.2) is 0 Å². The second kappa shape index (κ2) is 28.0. The molecule has 0 saturated carbocycles. The highest BCUT2D eigenvalue weighted by Crippen LogP contribution is 2.52. The zero-order valence-electron chi connectivity index (χ0n) is 64.7. The average molecular weight is 1610 g/mol. The van der Waals surface area contributed by atoms with E-state index in [2.05, 4.69) is 402 Å². The van der Waals surface area contributed by atoms with Crippen molar-refractivity contribution in [2.24, 2.45) is 0 Å². The maximum Gasteiger partial charge on any atom is 0.143 e. The first-order valence-corrected chi connectivity index (χ1v) is 44.6. The van der Waals surface area contributed by atoms with Crippen molar-refractivity contribution in [3.05, 3.63) is 391 Å². The topological polar surface area (TPSA) is 26.2 Å². The van der Waals surface area contributed by atoms with Gasteiger partial charge in [0.2, 0.25) is 0 Å². The standard InChI is InChI=1S/C42H28N2S.C37H23NS2.C31H18OS2/c1-4-12-30(13-5-1)43(31-14-6-2-7-15-31)33-22-20-29(21-23-33)38-28-40-37(26-27-45-40)41-35(38)24-25-36-34-18-10-11-19-39(34)44(42(36)41)32-16-8-3-9-17-32;1-22-21-39-36-29(22)20-30(27-16-17-28-26-12-6-8-14-34(26)40-37(28)35(27)36)23-15-18-33-31(19-23)25-11-5-7-13-32(25)38(33)24-9-3-2-4-10-24;1-17-16-33-27-15-24(23-10-6-9-22-19-8-3-5-12-26(19)34-31(22)23)20-13-14-21-18-7-2-4-11-25(18)32-30(21)29(20)28(17)27/h1-28H;2-21H,1H3;2-16H,1H3. The van der Waals surface area contributed by atoms with E-state index in [0.29, 0.717) is 0 Å². The lowest BCUT2D eigenvalue weighted by Gasteiger charge is -2.25. The predicted molar refractivity (Wildman–Crippen MR) is 520 cm³/mol. The van der Waals surface area contributed by atoms with Crippen LogP contribution < -0.4 is 4.90 Å². The zero-order chi connectivity index (χ0) is 78.5. The Hall–Kier alpha value is -13.7. The van der Waals surface area contributed by atoms with Crippen LogP contribution in [0.5, 0.6) is 0 Å². The Morgan fingerprint density at radius 3 is 1.49 bits per heavy atom. The van der Waals surface area contributed by atoms with Crippen molar-refractivity contribution in [1.82, 2.24) is 9.13 Å². The molecule has 0 spiro atoms. The summed E-state index contributed by atoms with van der Waals surface area (Å²) in [7, 11) is 0. The van der Waals surface area contributed by atoms with E-state index in [1.165, 1.54) is 213 Å². The first-order chi connectivity index (χ1) is 58.9. The molecule has 0 fully saturated rings. The average Bonchev–Trinajstić information content (AvgIpc) is 1.61. The first kappa shape index (κ1) is 69.6. The molecular weight excluding hydrogens is 1540 g/mol. The van der Waals surface area contributed by atoms with Gasteiger partial charge in [-0.05, 0) is 224 Å². The van der Waals surface area contributed by atoms with Crippen LogP contribution >= 0.6 is 56.7 Å². The number of fused-ring (bicyclic) bond motifs is 27. The number of hydrogen-bond donors (Lipinski definition) is 0. The number of nitrogens with zero attached hydrogens (tertiary/aromatic N) is 3. The fourth-order valence-corrected chi connectivity index (χ4v) is 24.4. The summed E-state index contributed by atoms with van der Waals surface area (Å²) in [5.74, 6) is 0. The molecule has 4 nitrogen and oxygen atoms in total. The molecule has 8 heterocycles. The third-order valence-electron chi connectivity index (χ3n) is 24.3. The molecule has 26 rings (SSSR count). The van der Waals surface area contributed by atoms with Crippen molar-refractivity contribution < 1.29 is 4.42 Å². The number of aryl methyl sites for hydroxylation is 2. The molecule has 0 saturated heterocycles. The van der Waals surface area contributed by atoms with E-state index >= 15 is 0 Å². The molecular formula is C110H69N3OS5. The largest absolute Gasteiger partial charge is 0.455 e. The Labute approximate surface area is 704 Å². The maximum absolute atomic E-state index is 6.53. The smallest absolute Gasteiger partial charge is 0.143 e. The molecule has 0 aliphatic rings. The molecule has 119 heavy (non-hydrogen) atoms. The lowest BCUT2D eigenvalue weighted by atomic mass is 9.93. The van der Waals surface area contributed by atoms with Gasteiger partial charge in [-0.15, -0.1) is 56.7 Å². The van der Waals surface area contributed by atoms with Gasteiger partial charge in [-0.3, -0.25) is 0 Å². The van der Waals surface area contributed by atoms with Crippen LogP contribution in [0.25, 0.3) is 213 Å². The lowest BCUT2D eigenvalue weighted by Crippen LogP contribution is -2.09. The van der Waals surface area contributed by atoms with Crippen LogP contribution in [0, 0.1) is 13.8 Å². The van der Waals surface area contributed by atoms with Crippen LogP contribution in [-0.2, 0) is 0 Å². The van der Waals surface area contributed by atoms with Crippen molar-refractivity contribution in [1.29, 1.82) is 0 Å². The van der Waals surface area contributed by atoms with E-state index in [0.717, 1.165) is 28.2 Å². The molecule has 0 N–H and O–H groups in total. The first-order valence-electron chi connectivity index (χ1n) is 40.3. The monoisotopic (exact) mass is 1610 g/mol. The highest BCUT2D eigenvalue weighted by atomic mass is 32.1. The van der Waals surface area contributed by atoms with Crippen LogP contribution in [0.3, 0.4) is 0 Å². The highest BCUT2D eigenvalue weighted by Gasteiger charge is 2.25. The number of benzene rings is 18. The van der Waals surface area contributed by atoms with Crippen LogP contribution in [0.4, 0.5) is 17.1 Å². The summed E-state index contributed by atoms with van der Waals surface area (Å²) >= 11 is 9.34. The number of furan rings is 1. The van der Waals surface area contributed by atoms with Crippen molar-refractivity contribution >= 4 is 242 Å². The van der Waals surface area contributed by atoms with Gasteiger partial charge in [0, 0.05) is 148 Å². The van der Waals surface area contributed by atoms with Gasteiger partial charge in [-0.1, -0.05) is 231 Å². The summed E-state index contributed by atoms with van der Waals surface area (Å²) in [6.45, 7) is 4.46.